The minimum Gasteiger partial charge on any atom is -0.382 e. The van der Waals surface area contributed by atoms with Crippen molar-refractivity contribution in [3.63, 3.8) is 0 Å². The van der Waals surface area contributed by atoms with Gasteiger partial charge < -0.3 is 19.7 Å². The lowest BCUT2D eigenvalue weighted by Gasteiger charge is -2.31. The number of ether oxygens (including phenoxy) is 2. The van der Waals surface area contributed by atoms with Gasteiger partial charge in [-0.1, -0.05) is 0 Å². The Bertz CT molecular complexity index is 242. The first-order valence-electron chi connectivity index (χ1n) is 4.80. The van der Waals surface area contributed by atoms with Crippen LogP contribution >= 0.6 is 0 Å². The van der Waals surface area contributed by atoms with Crippen LogP contribution in [0, 0.1) is 0 Å². The summed E-state index contributed by atoms with van der Waals surface area (Å²) in [6.45, 7) is 1.72. The van der Waals surface area contributed by atoms with E-state index in [4.69, 9.17) is 9.47 Å². The molecule has 1 rings (SSSR count). The van der Waals surface area contributed by atoms with E-state index in [1.165, 1.54) is 11.9 Å². The Balaban J connectivity index is 2.48. The number of likely N-dealkylation sites (N-methyl/N-ethyl adjacent to an activating group) is 1. The summed E-state index contributed by atoms with van der Waals surface area (Å²) in [5.41, 5.74) is 0. The van der Waals surface area contributed by atoms with Gasteiger partial charge in [-0.15, -0.1) is 0 Å². The third-order valence-corrected chi connectivity index (χ3v) is 2.20. The fraction of sp³-hybridized carbons (Fsp3) is 0.778. The predicted octanol–water partition coefficient (Wildman–Crippen LogP) is -1.39. The third-order valence-electron chi connectivity index (χ3n) is 2.20. The molecule has 0 aromatic rings. The van der Waals surface area contributed by atoms with Crippen LogP contribution in [0.1, 0.15) is 0 Å². The Morgan fingerprint density at radius 3 is 2.93 bits per heavy atom. The van der Waals surface area contributed by atoms with Crippen molar-refractivity contribution < 1.29 is 19.1 Å². The summed E-state index contributed by atoms with van der Waals surface area (Å²) in [5.74, 6) is -1.10. The van der Waals surface area contributed by atoms with Crippen LogP contribution in [-0.2, 0) is 19.1 Å². The Labute approximate surface area is 88.5 Å². The smallest absolute Gasteiger partial charge is 0.312 e. The van der Waals surface area contributed by atoms with Gasteiger partial charge in [0, 0.05) is 27.2 Å². The molecule has 0 aromatic carbocycles. The molecule has 0 aliphatic carbocycles. The zero-order valence-electron chi connectivity index (χ0n) is 8.99. The van der Waals surface area contributed by atoms with Gasteiger partial charge in [0.15, 0.2) is 0 Å². The van der Waals surface area contributed by atoms with Crippen molar-refractivity contribution in [3.05, 3.63) is 0 Å². The minimum atomic E-state index is -0.590. The highest BCUT2D eigenvalue weighted by molar-refractivity contribution is 6.34. The molecule has 1 N–H and O–H groups in total. The second-order valence-corrected chi connectivity index (χ2v) is 3.28. The Hall–Kier alpha value is -1.14. The summed E-state index contributed by atoms with van der Waals surface area (Å²) in [4.78, 5) is 24.1. The monoisotopic (exact) mass is 216 g/mol. The first-order chi connectivity index (χ1) is 7.19. The second-order valence-electron chi connectivity index (χ2n) is 3.28. The summed E-state index contributed by atoms with van der Waals surface area (Å²) in [7, 11) is 3.01. The SMILES string of the molecule is CNC(=O)C(=O)N1CCOC(COC)C1. The molecule has 2 amide bonds. The van der Waals surface area contributed by atoms with Crippen LogP contribution in [0.2, 0.25) is 0 Å². The minimum absolute atomic E-state index is 0.141. The Morgan fingerprint density at radius 2 is 2.33 bits per heavy atom. The molecule has 1 atom stereocenters. The van der Waals surface area contributed by atoms with Gasteiger partial charge in [0.25, 0.3) is 0 Å². The van der Waals surface area contributed by atoms with Gasteiger partial charge in [0.1, 0.15) is 0 Å². The fourth-order valence-corrected chi connectivity index (χ4v) is 1.44. The van der Waals surface area contributed by atoms with Gasteiger partial charge in [-0.2, -0.15) is 0 Å². The van der Waals surface area contributed by atoms with E-state index in [1.54, 1.807) is 7.11 Å². The van der Waals surface area contributed by atoms with Crippen LogP contribution in [-0.4, -0.2) is 63.3 Å². The van der Waals surface area contributed by atoms with Crippen molar-refractivity contribution >= 4 is 11.8 Å². The standard InChI is InChI=1S/C9H16N2O4/c1-10-8(12)9(13)11-3-4-15-7(5-11)6-14-2/h7H,3-6H2,1-2H3,(H,10,12). The van der Waals surface area contributed by atoms with E-state index >= 15 is 0 Å². The number of methoxy groups -OCH3 is 1. The zero-order chi connectivity index (χ0) is 11.3. The van der Waals surface area contributed by atoms with Crippen molar-refractivity contribution in [1.29, 1.82) is 0 Å². The molecule has 0 aromatic heterocycles. The van der Waals surface area contributed by atoms with Crippen LogP contribution in [0.3, 0.4) is 0 Å². The average Bonchev–Trinajstić information content (AvgIpc) is 2.28. The molecule has 1 unspecified atom stereocenters. The van der Waals surface area contributed by atoms with E-state index < -0.39 is 11.8 Å². The topological polar surface area (TPSA) is 67.9 Å². The molecular formula is C9H16N2O4. The van der Waals surface area contributed by atoms with Crippen molar-refractivity contribution in [2.75, 3.05) is 40.5 Å². The number of nitrogens with zero attached hydrogens (tertiary/aromatic N) is 1. The molecule has 0 saturated carbocycles. The van der Waals surface area contributed by atoms with Crippen LogP contribution in [0.5, 0.6) is 0 Å². The van der Waals surface area contributed by atoms with Gasteiger partial charge in [-0.05, 0) is 0 Å². The van der Waals surface area contributed by atoms with E-state index in [1.807, 2.05) is 0 Å². The van der Waals surface area contributed by atoms with E-state index in [9.17, 15) is 9.59 Å². The summed E-state index contributed by atoms with van der Waals surface area (Å²) < 4.78 is 10.3. The quantitative estimate of drug-likeness (QED) is 0.577. The second kappa shape index (κ2) is 5.67. The largest absolute Gasteiger partial charge is 0.382 e. The normalized spacial score (nSPS) is 21.2. The molecule has 1 saturated heterocycles. The summed E-state index contributed by atoms with van der Waals surface area (Å²) in [5, 5.41) is 2.31. The average molecular weight is 216 g/mol. The van der Waals surface area contributed by atoms with Gasteiger partial charge in [0.05, 0.1) is 19.3 Å². The van der Waals surface area contributed by atoms with E-state index in [-0.39, 0.29) is 6.10 Å². The number of hydrogen-bond donors (Lipinski definition) is 1. The number of hydrogen-bond acceptors (Lipinski definition) is 4. The Morgan fingerprint density at radius 1 is 1.60 bits per heavy atom. The highest BCUT2D eigenvalue weighted by Gasteiger charge is 2.27. The third kappa shape index (κ3) is 3.17. The first kappa shape index (κ1) is 11.9. The molecule has 1 aliphatic rings. The molecule has 1 fully saturated rings. The van der Waals surface area contributed by atoms with Gasteiger partial charge >= 0.3 is 11.8 Å². The fourth-order valence-electron chi connectivity index (χ4n) is 1.44. The number of nitrogens with one attached hydrogen (secondary N) is 1. The summed E-state index contributed by atoms with van der Waals surface area (Å²) in [6.07, 6.45) is -0.141. The lowest BCUT2D eigenvalue weighted by Crippen LogP contribution is -2.51. The molecule has 1 heterocycles. The highest BCUT2D eigenvalue weighted by atomic mass is 16.5. The van der Waals surface area contributed by atoms with Gasteiger partial charge in [0.2, 0.25) is 0 Å². The zero-order valence-corrected chi connectivity index (χ0v) is 8.99. The lowest BCUT2D eigenvalue weighted by atomic mass is 10.2. The maximum Gasteiger partial charge on any atom is 0.312 e. The number of rotatable bonds is 2. The van der Waals surface area contributed by atoms with Crippen LogP contribution < -0.4 is 5.32 Å². The number of amides is 2. The molecule has 0 spiro atoms. The van der Waals surface area contributed by atoms with Crippen LogP contribution in [0.15, 0.2) is 0 Å². The molecule has 1 aliphatic heterocycles. The molecule has 0 bridgehead atoms. The molecular weight excluding hydrogens is 200 g/mol. The predicted molar refractivity (Wildman–Crippen MR) is 52.3 cm³/mol. The molecule has 86 valence electrons. The maximum absolute atomic E-state index is 11.5. The summed E-state index contributed by atoms with van der Waals surface area (Å²) in [6, 6.07) is 0. The number of morpholine rings is 1. The molecule has 0 radical (unpaired) electrons. The molecule has 6 heteroatoms. The lowest BCUT2D eigenvalue weighted by molar-refractivity contribution is -0.151. The molecule has 15 heavy (non-hydrogen) atoms. The number of carbonyl (C=O) groups is 2. The summed E-state index contributed by atoms with van der Waals surface area (Å²) >= 11 is 0. The van der Waals surface area contributed by atoms with E-state index in [0.717, 1.165) is 0 Å². The Kier molecular flexibility index (Phi) is 4.51. The number of carbonyl (C=O) groups excluding carboxylic acids is 2. The van der Waals surface area contributed by atoms with Crippen LogP contribution in [0.25, 0.3) is 0 Å². The molecule has 6 nitrogen and oxygen atoms in total. The highest BCUT2D eigenvalue weighted by Crippen LogP contribution is 2.05. The van der Waals surface area contributed by atoms with Crippen molar-refractivity contribution in [1.82, 2.24) is 10.2 Å². The first-order valence-corrected chi connectivity index (χ1v) is 4.80. The maximum atomic E-state index is 11.5. The van der Waals surface area contributed by atoms with E-state index in [2.05, 4.69) is 5.32 Å². The van der Waals surface area contributed by atoms with Gasteiger partial charge in [-0.25, -0.2) is 0 Å². The van der Waals surface area contributed by atoms with E-state index in [0.29, 0.717) is 26.3 Å². The van der Waals surface area contributed by atoms with Crippen molar-refractivity contribution in [3.8, 4) is 0 Å². The van der Waals surface area contributed by atoms with Crippen LogP contribution in [0.4, 0.5) is 0 Å². The van der Waals surface area contributed by atoms with Gasteiger partial charge in [-0.3, -0.25) is 9.59 Å². The van der Waals surface area contributed by atoms with Crippen molar-refractivity contribution in [2.24, 2.45) is 0 Å². The van der Waals surface area contributed by atoms with Crippen molar-refractivity contribution in [2.45, 2.75) is 6.10 Å².